The predicted molar refractivity (Wildman–Crippen MR) is 165 cm³/mol. The first-order valence-corrected chi connectivity index (χ1v) is 15.3. The van der Waals surface area contributed by atoms with Crippen molar-refractivity contribution >= 4 is 52.5 Å². The SMILES string of the molecule is CCCCCOc1c(Sc2ccc(Cl)cc2)c(Sc2ccccc2N)c(OCCCCC)c2c1C(=N)N=C2N. The van der Waals surface area contributed by atoms with Crippen molar-refractivity contribution < 1.29 is 9.47 Å². The fourth-order valence-electron chi connectivity index (χ4n) is 4.18. The molecule has 1 aliphatic heterocycles. The van der Waals surface area contributed by atoms with Crippen molar-refractivity contribution in [1.29, 1.82) is 5.41 Å². The molecule has 0 fully saturated rings. The van der Waals surface area contributed by atoms with E-state index in [2.05, 4.69) is 18.8 Å². The molecular weight excluding hydrogens is 548 g/mol. The average Bonchev–Trinajstić information content (AvgIpc) is 3.22. The fraction of sp³-hybridized carbons (Fsp3) is 0.333. The molecule has 0 saturated heterocycles. The van der Waals surface area contributed by atoms with Crippen LogP contribution in [-0.4, -0.2) is 24.9 Å². The largest absolute Gasteiger partial charge is 0.492 e. The highest BCUT2D eigenvalue weighted by atomic mass is 35.5. The molecule has 9 heteroatoms. The average molecular weight is 583 g/mol. The third kappa shape index (κ3) is 7.04. The molecule has 206 valence electrons. The van der Waals surface area contributed by atoms with E-state index in [9.17, 15) is 0 Å². The lowest BCUT2D eigenvalue weighted by molar-refractivity contribution is 0.284. The Bertz CT molecular complexity index is 1350. The number of nitrogen functional groups attached to an aromatic ring is 1. The van der Waals surface area contributed by atoms with Gasteiger partial charge in [-0.05, 0) is 49.2 Å². The standard InChI is InChI=1S/C30H35ClN4O2S2/c1-3-5-9-17-36-25-23-24(30(34)35-29(23)33)26(37-18-10-6-4-2)28(39-22-12-8-7-11-21(22)32)27(25)38-20-15-13-19(31)14-16-20/h7-8,11-16H,3-6,9-10,17-18,32H2,1-2H3,(H3,33,34,35). The molecule has 5 N–H and O–H groups in total. The van der Waals surface area contributed by atoms with Gasteiger partial charge in [-0.3, -0.25) is 5.41 Å². The van der Waals surface area contributed by atoms with Crippen LogP contribution in [-0.2, 0) is 0 Å². The summed E-state index contributed by atoms with van der Waals surface area (Å²) in [4.78, 5) is 7.93. The Kier molecular flexibility index (Phi) is 10.5. The van der Waals surface area contributed by atoms with Crippen molar-refractivity contribution in [2.75, 3.05) is 18.9 Å². The summed E-state index contributed by atoms with van der Waals surface area (Å²) in [6, 6.07) is 15.5. The van der Waals surface area contributed by atoms with Gasteiger partial charge in [-0.25, -0.2) is 4.99 Å². The Hall–Kier alpha value is -2.81. The lowest BCUT2D eigenvalue weighted by Crippen LogP contribution is -2.16. The minimum Gasteiger partial charge on any atom is -0.492 e. The molecule has 0 atom stereocenters. The summed E-state index contributed by atoms with van der Waals surface area (Å²) in [5.41, 5.74) is 14.7. The highest BCUT2D eigenvalue weighted by Gasteiger charge is 2.35. The van der Waals surface area contributed by atoms with Gasteiger partial charge in [0.15, 0.2) is 5.84 Å². The van der Waals surface area contributed by atoms with Crippen LogP contribution in [0.3, 0.4) is 0 Å². The van der Waals surface area contributed by atoms with Crippen LogP contribution < -0.4 is 20.9 Å². The number of amidine groups is 2. The molecule has 3 aromatic carbocycles. The number of nitrogens with one attached hydrogen (secondary N) is 1. The zero-order chi connectivity index (χ0) is 27.8. The van der Waals surface area contributed by atoms with Gasteiger partial charge in [0.05, 0.1) is 34.1 Å². The molecule has 0 amide bonds. The fourth-order valence-corrected chi connectivity index (χ4v) is 6.49. The highest BCUT2D eigenvalue weighted by molar-refractivity contribution is 8.02. The van der Waals surface area contributed by atoms with Crippen molar-refractivity contribution in [3.63, 3.8) is 0 Å². The van der Waals surface area contributed by atoms with Crippen LogP contribution in [0.2, 0.25) is 5.02 Å². The molecule has 0 aliphatic carbocycles. The van der Waals surface area contributed by atoms with E-state index in [4.69, 9.17) is 38.0 Å². The second-order valence-electron chi connectivity index (χ2n) is 9.22. The third-order valence-corrected chi connectivity index (χ3v) is 8.87. The summed E-state index contributed by atoms with van der Waals surface area (Å²) in [5.74, 6) is 1.58. The number of benzene rings is 3. The van der Waals surface area contributed by atoms with Crippen LogP contribution >= 0.6 is 35.1 Å². The van der Waals surface area contributed by atoms with Crippen LogP contribution in [0.15, 0.2) is 73.1 Å². The van der Waals surface area contributed by atoms with E-state index < -0.39 is 0 Å². The molecule has 3 aromatic rings. The predicted octanol–water partition coefficient (Wildman–Crippen LogP) is 8.41. The van der Waals surface area contributed by atoms with E-state index in [0.29, 0.717) is 46.5 Å². The normalized spacial score (nSPS) is 12.4. The maximum Gasteiger partial charge on any atom is 0.158 e. The maximum absolute atomic E-state index is 8.73. The maximum atomic E-state index is 8.73. The van der Waals surface area contributed by atoms with Crippen molar-refractivity contribution in [3.8, 4) is 11.5 Å². The zero-order valence-electron chi connectivity index (χ0n) is 22.4. The van der Waals surface area contributed by atoms with Gasteiger partial charge in [0.1, 0.15) is 17.3 Å². The number of halogens is 1. The number of hydrogen-bond donors (Lipinski definition) is 3. The first kappa shape index (κ1) is 29.2. The summed E-state index contributed by atoms with van der Waals surface area (Å²) in [6.45, 7) is 5.37. The Labute approximate surface area is 244 Å². The molecule has 0 aromatic heterocycles. The summed E-state index contributed by atoms with van der Waals surface area (Å²) in [7, 11) is 0. The summed E-state index contributed by atoms with van der Waals surface area (Å²) < 4.78 is 13.0. The molecule has 1 heterocycles. The minimum absolute atomic E-state index is 0.0835. The van der Waals surface area contributed by atoms with E-state index in [0.717, 1.165) is 58.1 Å². The number of anilines is 1. The monoisotopic (exact) mass is 582 g/mol. The van der Waals surface area contributed by atoms with Crippen LogP contribution in [0, 0.1) is 5.41 Å². The van der Waals surface area contributed by atoms with E-state index in [-0.39, 0.29) is 11.7 Å². The van der Waals surface area contributed by atoms with E-state index in [1.807, 2.05) is 48.5 Å². The smallest absolute Gasteiger partial charge is 0.158 e. The molecule has 0 radical (unpaired) electrons. The Morgan fingerprint density at radius 3 is 2.00 bits per heavy atom. The molecule has 0 bridgehead atoms. The number of unbranched alkanes of at least 4 members (excludes halogenated alkanes) is 4. The minimum atomic E-state index is 0.0835. The highest BCUT2D eigenvalue weighted by Crippen LogP contribution is 2.54. The molecule has 6 nitrogen and oxygen atoms in total. The number of nitrogens with two attached hydrogens (primary N) is 2. The zero-order valence-corrected chi connectivity index (χ0v) is 24.8. The molecule has 1 aliphatic rings. The van der Waals surface area contributed by atoms with Crippen LogP contribution in [0.5, 0.6) is 11.5 Å². The van der Waals surface area contributed by atoms with E-state index in [1.165, 1.54) is 11.8 Å². The van der Waals surface area contributed by atoms with Gasteiger partial charge in [-0.1, -0.05) is 86.8 Å². The second-order valence-corrected chi connectivity index (χ2v) is 11.8. The quantitative estimate of drug-likeness (QED) is 0.130. The molecule has 0 saturated carbocycles. The van der Waals surface area contributed by atoms with Gasteiger partial charge >= 0.3 is 0 Å². The number of rotatable bonds is 14. The van der Waals surface area contributed by atoms with Gasteiger partial charge in [-0.2, -0.15) is 0 Å². The lowest BCUT2D eigenvalue weighted by atomic mass is 10.1. The number of fused-ring (bicyclic) bond motifs is 1. The van der Waals surface area contributed by atoms with Crippen molar-refractivity contribution in [3.05, 3.63) is 64.7 Å². The van der Waals surface area contributed by atoms with Gasteiger partial charge in [0.2, 0.25) is 0 Å². The summed E-state index contributed by atoms with van der Waals surface area (Å²) in [6.07, 6.45) is 6.09. The molecule has 4 rings (SSSR count). The summed E-state index contributed by atoms with van der Waals surface area (Å²) in [5, 5.41) is 9.40. The van der Waals surface area contributed by atoms with Gasteiger partial charge in [-0.15, -0.1) is 0 Å². The first-order chi connectivity index (χ1) is 18.9. The van der Waals surface area contributed by atoms with E-state index in [1.54, 1.807) is 11.8 Å². The molecule has 0 unspecified atom stereocenters. The lowest BCUT2D eigenvalue weighted by Gasteiger charge is -2.23. The Morgan fingerprint density at radius 2 is 1.38 bits per heavy atom. The van der Waals surface area contributed by atoms with Crippen LogP contribution in [0.1, 0.15) is 63.5 Å². The molecule has 39 heavy (non-hydrogen) atoms. The van der Waals surface area contributed by atoms with Crippen molar-refractivity contribution in [2.45, 2.75) is 72.0 Å². The number of nitrogens with zero attached hydrogens (tertiary/aromatic N) is 1. The Balaban J connectivity index is 1.93. The third-order valence-electron chi connectivity index (χ3n) is 6.20. The Morgan fingerprint density at radius 1 is 0.795 bits per heavy atom. The number of ether oxygens (including phenoxy) is 2. The number of aliphatic imine (C=N–C) groups is 1. The molecule has 0 spiro atoms. The van der Waals surface area contributed by atoms with E-state index >= 15 is 0 Å². The van der Waals surface area contributed by atoms with Gasteiger partial charge in [0.25, 0.3) is 0 Å². The number of para-hydroxylation sites is 1. The topological polar surface area (TPSA) is 107 Å². The first-order valence-electron chi connectivity index (χ1n) is 13.3. The molecular formula is C30H35ClN4O2S2. The van der Waals surface area contributed by atoms with Gasteiger partial charge < -0.3 is 20.9 Å². The summed E-state index contributed by atoms with van der Waals surface area (Å²) >= 11 is 9.27. The van der Waals surface area contributed by atoms with Crippen LogP contribution in [0.4, 0.5) is 5.69 Å². The van der Waals surface area contributed by atoms with Crippen molar-refractivity contribution in [1.82, 2.24) is 0 Å². The second kappa shape index (κ2) is 14.0. The van der Waals surface area contributed by atoms with Gasteiger partial charge in [0, 0.05) is 20.5 Å². The number of hydrogen-bond acceptors (Lipinski definition) is 7. The van der Waals surface area contributed by atoms with Crippen LogP contribution in [0.25, 0.3) is 0 Å². The van der Waals surface area contributed by atoms with Crippen molar-refractivity contribution in [2.24, 2.45) is 10.7 Å².